The fourth-order valence-electron chi connectivity index (χ4n) is 3.29. The van der Waals surface area contributed by atoms with Crippen LogP contribution in [0.25, 0.3) is 0 Å². The molecular weight excluding hydrogens is 613 g/mol. The molecule has 0 unspecified atom stereocenters. The topological polar surface area (TPSA) is 105 Å². The van der Waals surface area contributed by atoms with Crippen molar-refractivity contribution in [2.24, 2.45) is 0 Å². The highest BCUT2D eigenvalue weighted by Gasteiger charge is 2.36. The maximum Gasteiger partial charge on any atom is 0.573 e. The van der Waals surface area contributed by atoms with Gasteiger partial charge in [-0.25, -0.2) is 14.2 Å². The normalized spacial score (nSPS) is 11.9. The SMILES string of the molecule is [B]C([B])([B])Oc1c(Oc2ccc(OC(F)(F)F)c(F)c2C(=O)Nc2cc(C(=O)OC)ncc2C)ccc(OC(F)(F)F)c1F. The second-order valence-electron chi connectivity index (χ2n) is 8.44. The number of carbonyl (C=O) groups is 2. The summed E-state index contributed by atoms with van der Waals surface area (Å²) < 4.78 is 129. The van der Waals surface area contributed by atoms with Crippen LogP contribution in [0, 0.1) is 18.6 Å². The average Bonchev–Trinajstić information content (AvgIpc) is 2.88. The standard InChI is InChI=1S/C24H13B3F8N2O7/c1-9-8-36-11(21(39)40-2)7-10(9)37-20(38)16-12(3-4-13(17(16)28)42-23(30,31)32)41-15-6-5-14(43-24(33,34)35)18(29)19(15)44-22(25,26)27/h3-8H,1-2H3,(H,36,37,38). The van der Waals surface area contributed by atoms with Crippen molar-refractivity contribution in [3.8, 4) is 28.7 Å². The molecule has 0 saturated carbocycles. The van der Waals surface area contributed by atoms with Crippen LogP contribution in [-0.4, -0.2) is 65.5 Å². The van der Waals surface area contributed by atoms with Crippen molar-refractivity contribution in [2.45, 2.75) is 24.9 Å². The smallest absolute Gasteiger partial charge is 0.510 e. The van der Waals surface area contributed by atoms with Crippen molar-refractivity contribution in [1.82, 2.24) is 4.98 Å². The molecule has 20 heteroatoms. The molecule has 0 fully saturated rings. The molecule has 0 aliphatic rings. The molecule has 2 aromatic carbocycles. The van der Waals surface area contributed by atoms with Crippen LogP contribution in [0.15, 0.2) is 36.5 Å². The number of anilines is 1. The number of nitrogens with zero attached hydrogens (tertiary/aromatic N) is 1. The number of halogens is 8. The summed E-state index contributed by atoms with van der Waals surface area (Å²) in [5, 5.41) is -0.614. The average molecular weight is 626 g/mol. The molecule has 3 aromatic rings. The lowest BCUT2D eigenvalue weighted by atomic mass is 9.52. The molecule has 44 heavy (non-hydrogen) atoms. The Morgan fingerprint density at radius 2 is 1.34 bits per heavy atom. The van der Waals surface area contributed by atoms with E-state index in [1.807, 2.05) is 0 Å². The van der Waals surface area contributed by atoms with Crippen LogP contribution in [0.3, 0.4) is 0 Å². The summed E-state index contributed by atoms with van der Waals surface area (Å²) in [6.45, 7) is 1.39. The molecule has 0 aliphatic carbocycles. The lowest BCUT2D eigenvalue weighted by molar-refractivity contribution is -0.276. The van der Waals surface area contributed by atoms with Crippen LogP contribution in [0.4, 0.5) is 40.8 Å². The molecule has 0 atom stereocenters. The van der Waals surface area contributed by atoms with E-state index in [0.717, 1.165) is 19.4 Å². The van der Waals surface area contributed by atoms with Crippen LogP contribution in [0.5, 0.6) is 28.7 Å². The van der Waals surface area contributed by atoms with Crippen LogP contribution in [-0.2, 0) is 4.74 Å². The summed E-state index contributed by atoms with van der Waals surface area (Å²) in [4.78, 5) is 28.9. The van der Waals surface area contributed by atoms with E-state index < -0.39 is 75.8 Å². The molecular formula is C24H13B3F8N2O7. The quantitative estimate of drug-likeness (QED) is 0.206. The van der Waals surface area contributed by atoms with Crippen molar-refractivity contribution in [3.05, 3.63) is 65.0 Å². The number of ether oxygens (including phenoxy) is 5. The number of nitrogens with one attached hydrogen (secondary N) is 1. The minimum atomic E-state index is -5.43. The summed E-state index contributed by atoms with van der Waals surface area (Å²) in [6, 6.07) is 2.89. The van der Waals surface area contributed by atoms with Crippen LogP contribution >= 0.6 is 0 Å². The lowest BCUT2D eigenvalue weighted by Gasteiger charge is -2.26. The summed E-state index contributed by atoms with van der Waals surface area (Å²) in [7, 11) is 16.8. The molecule has 1 N–H and O–H groups in total. The van der Waals surface area contributed by atoms with Crippen molar-refractivity contribution in [1.29, 1.82) is 0 Å². The number of benzene rings is 2. The molecule has 0 bridgehead atoms. The number of hydrogen-bond acceptors (Lipinski definition) is 8. The Morgan fingerprint density at radius 1 is 0.818 bits per heavy atom. The largest absolute Gasteiger partial charge is 0.573 e. The van der Waals surface area contributed by atoms with Crippen molar-refractivity contribution < 1.29 is 68.4 Å². The van der Waals surface area contributed by atoms with E-state index in [2.05, 4.69) is 24.5 Å². The van der Waals surface area contributed by atoms with Crippen LogP contribution in [0.2, 0.25) is 0 Å². The van der Waals surface area contributed by atoms with Gasteiger partial charge in [-0.3, -0.25) is 4.79 Å². The third-order valence-electron chi connectivity index (χ3n) is 5.02. The molecule has 1 aromatic heterocycles. The first-order chi connectivity index (χ1) is 20.2. The number of aromatic nitrogens is 1. The van der Waals surface area contributed by atoms with Gasteiger partial charge >= 0.3 is 18.7 Å². The van der Waals surface area contributed by atoms with E-state index >= 15 is 8.78 Å². The predicted octanol–water partition coefficient (Wildman–Crippen LogP) is 4.79. The van der Waals surface area contributed by atoms with E-state index in [9.17, 15) is 35.9 Å². The second kappa shape index (κ2) is 12.5. The number of rotatable bonds is 9. The second-order valence-corrected chi connectivity index (χ2v) is 8.44. The van der Waals surface area contributed by atoms with E-state index in [1.165, 1.54) is 6.92 Å². The van der Waals surface area contributed by atoms with Gasteiger partial charge < -0.3 is 29.0 Å². The molecule has 1 heterocycles. The molecule has 9 nitrogen and oxygen atoms in total. The van der Waals surface area contributed by atoms with Gasteiger partial charge in [-0.2, -0.15) is 4.39 Å². The predicted molar refractivity (Wildman–Crippen MR) is 135 cm³/mol. The van der Waals surface area contributed by atoms with Gasteiger partial charge in [0.15, 0.2) is 28.8 Å². The van der Waals surface area contributed by atoms with E-state index in [1.54, 1.807) is 0 Å². The maximum atomic E-state index is 15.4. The van der Waals surface area contributed by atoms with Gasteiger partial charge in [0.05, 0.1) is 7.11 Å². The first kappa shape index (κ1) is 33.9. The highest BCUT2D eigenvalue weighted by atomic mass is 19.4. The van der Waals surface area contributed by atoms with Gasteiger partial charge in [0.25, 0.3) is 5.91 Å². The van der Waals surface area contributed by atoms with E-state index in [0.29, 0.717) is 24.3 Å². The van der Waals surface area contributed by atoms with Gasteiger partial charge in [0.1, 0.15) is 40.5 Å². The van der Waals surface area contributed by atoms with Crippen molar-refractivity contribution in [3.63, 3.8) is 0 Å². The molecule has 0 spiro atoms. The third kappa shape index (κ3) is 8.70. The Hall–Kier alpha value is -4.64. The zero-order valence-corrected chi connectivity index (χ0v) is 22.0. The Balaban J connectivity index is 2.17. The zero-order chi connectivity index (χ0) is 33.2. The Bertz CT molecular complexity index is 1580. The number of esters is 1. The van der Waals surface area contributed by atoms with Crippen molar-refractivity contribution in [2.75, 3.05) is 12.4 Å². The van der Waals surface area contributed by atoms with Crippen LogP contribution < -0.4 is 24.3 Å². The summed E-state index contributed by atoms with van der Waals surface area (Å²) in [5.41, 5.74) is -1.64. The number of aryl methyl sites for hydroxylation is 1. The number of amides is 1. The minimum absolute atomic E-state index is 0.180. The van der Waals surface area contributed by atoms with Gasteiger partial charge in [-0.05, 0) is 48.1 Å². The summed E-state index contributed by atoms with van der Waals surface area (Å²) in [5.74, 6) is -12.6. The first-order valence-corrected chi connectivity index (χ1v) is 11.5. The lowest BCUT2D eigenvalue weighted by Crippen LogP contribution is -2.38. The number of carbonyl (C=O) groups excluding carboxylic acids is 2. The number of pyridine rings is 1. The molecule has 6 radical (unpaired) electrons. The monoisotopic (exact) mass is 626 g/mol. The first-order valence-electron chi connectivity index (χ1n) is 11.5. The maximum absolute atomic E-state index is 15.4. The molecule has 0 aliphatic heterocycles. The molecule has 3 rings (SSSR count). The number of hydrogen-bond donors (Lipinski definition) is 1. The summed E-state index contributed by atoms with van der Waals surface area (Å²) >= 11 is 0. The van der Waals surface area contributed by atoms with Gasteiger partial charge in [0, 0.05) is 11.9 Å². The Morgan fingerprint density at radius 3 is 1.86 bits per heavy atom. The van der Waals surface area contributed by atoms with E-state index in [-0.39, 0.29) is 16.9 Å². The van der Waals surface area contributed by atoms with Gasteiger partial charge in [0.2, 0.25) is 5.82 Å². The fraction of sp³-hybridized carbons (Fsp3) is 0.208. The van der Waals surface area contributed by atoms with Crippen LogP contribution in [0.1, 0.15) is 26.4 Å². The number of alkyl halides is 6. The molecule has 226 valence electrons. The van der Waals surface area contributed by atoms with Crippen molar-refractivity contribution >= 4 is 41.1 Å². The molecule has 1 amide bonds. The fourth-order valence-corrected chi connectivity index (χ4v) is 3.29. The van der Waals surface area contributed by atoms with E-state index in [4.69, 9.17) is 33.0 Å². The zero-order valence-electron chi connectivity index (χ0n) is 22.0. The molecule has 0 saturated heterocycles. The Kier molecular flexibility index (Phi) is 9.65. The third-order valence-corrected chi connectivity index (χ3v) is 5.02. The Labute approximate surface area is 246 Å². The number of methoxy groups -OCH3 is 1. The summed E-state index contributed by atoms with van der Waals surface area (Å²) in [6.07, 6.45) is -9.72. The van der Waals surface area contributed by atoms with Gasteiger partial charge in [-0.15, -0.1) is 26.3 Å². The highest BCUT2D eigenvalue weighted by molar-refractivity contribution is 6.58. The highest BCUT2D eigenvalue weighted by Crippen LogP contribution is 2.43. The van der Waals surface area contributed by atoms with Gasteiger partial charge in [-0.1, -0.05) is 0 Å². The minimum Gasteiger partial charge on any atom is -0.510 e.